The highest BCUT2D eigenvalue weighted by Crippen LogP contribution is 2.36. The molecule has 0 aliphatic carbocycles. The van der Waals surface area contributed by atoms with Crippen LogP contribution < -0.4 is 10.2 Å². The minimum atomic E-state index is -0.105. The molecule has 0 saturated heterocycles. The molecule has 3 rings (SSSR count). The molecule has 6 heteroatoms. The molecule has 2 aromatic rings. The summed E-state index contributed by atoms with van der Waals surface area (Å²) < 4.78 is 0. The van der Waals surface area contributed by atoms with Crippen LogP contribution in [0.4, 0.5) is 9.80 Å². The van der Waals surface area contributed by atoms with Gasteiger partial charge in [-0.05, 0) is 18.6 Å². The summed E-state index contributed by atoms with van der Waals surface area (Å²) in [6.07, 6.45) is 0.926. The number of nitrogens with one attached hydrogen (secondary N) is 1. The minimum Gasteiger partial charge on any atom is -0.341 e. The molecule has 0 unspecified atom stereocenters. The molecule has 4 nitrogen and oxygen atoms in total. The number of urea groups is 1. The lowest BCUT2D eigenvalue weighted by molar-refractivity contribution is 0.248. The molecule has 1 aliphatic heterocycles. The van der Waals surface area contributed by atoms with Crippen molar-refractivity contribution in [2.45, 2.75) is 13.3 Å². The van der Waals surface area contributed by atoms with Crippen molar-refractivity contribution < 1.29 is 4.79 Å². The van der Waals surface area contributed by atoms with Crippen molar-refractivity contribution in [1.29, 1.82) is 0 Å². The van der Waals surface area contributed by atoms with Crippen LogP contribution in [-0.4, -0.2) is 31.9 Å². The lowest BCUT2D eigenvalue weighted by Crippen LogP contribution is -2.39. The van der Waals surface area contributed by atoms with Gasteiger partial charge < -0.3 is 5.32 Å². The van der Waals surface area contributed by atoms with Gasteiger partial charge in [-0.2, -0.15) is 0 Å². The number of hydrogen-bond acceptors (Lipinski definition) is 3. The molecular weight excluding hydrogens is 330 g/mol. The third kappa shape index (κ3) is 2.99. The lowest BCUT2D eigenvalue weighted by Gasteiger charge is -2.19. The van der Waals surface area contributed by atoms with Gasteiger partial charge in [0.2, 0.25) is 0 Å². The predicted molar refractivity (Wildman–Crippen MR) is 97.5 cm³/mol. The summed E-state index contributed by atoms with van der Waals surface area (Å²) in [5.41, 5.74) is 2.77. The number of hydrogen-bond donors (Lipinski definition) is 1. The number of aliphatic imine (C=N–C) groups is 1. The average molecular weight is 348 g/mol. The summed E-state index contributed by atoms with van der Waals surface area (Å²) in [7, 11) is 1.65. The first-order chi connectivity index (χ1) is 11.2. The summed E-state index contributed by atoms with van der Waals surface area (Å²) in [6, 6.07) is 9.73. The number of carbonyl (C=O) groups is 1. The molecular formula is C17H18ClN3OS. The maximum absolute atomic E-state index is 12.2. The number of rotatable bonds is 2. The van der Waals surface area contributed by atoms with E-state index in [1.165, 1.54) is 4.88 Å². The molecule has 0 saturated carbocycles. The maximum atomic E-state index is 12.2. The first kappa shape index (κ1) is 16.0. The number of carbonyl (C=O) groups excluding carboxylic acids is 1. The van der Waals surface area contributed by atoms with Crippen molar-refractivity contribution in [1.82, 2.24) is 5.32 Å². The van der Waals surface area contributed by atoms with Crippen LogP contribution in [0.25, 0.3) is 0 Å². The highest BCUT2D eigenvalue weighted by atomic mass is 35.5. The van der Waals surface area contributed by atoms with Gasteiger partial charge in [-0.3, -0.25) is 9.89 Å². The molecule has 0 radical (unpaired) electrons. The molecule has 1 aromatic heterocycles. The molecule has 0 spiro atoms. The highest BCUT2D eigenvalue weighted by Gasteiger charge is 2.26. The highest BCUT2D eigenvalue weighted by molar-refractivity contribution is 7.16. The van der Waals surface area contributed by atoms with Crippen molar-refractivity contribution >= 4 is 39.7 Å². The van der Waals surface area contributed by atoms with Crippen molar-refractivity contribution in [3.8, 4) is 0 Å². The van der Waals surface area contributed by atoms with Gasteiger partial charge in [0.05, 0.1) is 12.3 Å². The second-order valence-electron chi connectivity index (χ2n) is 5.20. The van der Waals surface area contributed by atoms with Gasteiger partial charge >= 0.3 is 6.03 Å². The fourth-order valence-electron chi connectivity index (χ4n) is 2.64. The van der Waals surface area contributed by atoms with Crippen LogP contribution in [0.15, 0.2) is 35.3 Å². The van der Waals surface area contributed by atoms with Crippen LogP contribution in [0, 0.1) is 0 Å². The Hall–Kier alpha value is -1.85. The van der Waals surface area contributed by atoms with E-state index in [-0.39, 0.29) is 6.03 Å². The first-order valence-electron chi connectivity index (χ1n) is 7.57. The molecule has 0 fully saturated rings. The number of aryl methyl sites for hydroxylation is 1. The van der Waals surface area contributed by atoms with Crippen LogP contribution in [0.5, 0.6) is 0 Å². The van der Waals surface area contributed by atoms with Crippen LogP contribution >= 0.6 is 22.9 Å². The molecule has 23 heavy (non-hydrogen) atoms. The van der Waals surface area contributed by atoms with E-state index < -0.39 is 0 Å². The van der Waals surface area contributed by atoms with E-state index in [2.05, 4.69) is 18.3 Å². The number of nitrogens with zero attached hydrogens (tertiary/aromatic N) is 2. The molecule has 0 bridgehead atoms. The van der Waals surface area contributed by atoms with E-state index in [9.17, 15) is 4.79 Å². The van der Waals surface area contributed by atoms with Gasteiger partial charge in [0.15, 0.2) is 0 Å². The summed E-state index contributed by atoms with van der Waals surface area (Å²) >= 11 is 8.02. The Labute approximate surface area is 144 Å². The fourth-order valence-corrected chi connectivity index (χ4v) is 3.98. The smallest absolute Gasteiger partial charge is 0.322 e. The predicted octanol–water partition coefficient (Wildman–Crippen LogP) is 3.96. The summed E-state index contributed by atoms with van der Waals surface area (Å²) in [4.78, 5) is 20.0. The van der Waals surface area contributed by atoms with Gasteiger partial charge in [-0.15, -0.1) is 11.3 Å². The Bertz CT molecular complexity index is 769. The maximum Gasteiger partial charge on any atom is 0.322 e. The van der Waals surface area contributed by atoms with Crippen LogP contribution in [-0.2, 0) is 6.42 Å². The average Bonchev–Trinajstić information content (AvgIpc) is 2.91. The molecule has 2 amide bonds. The summed E-state index contributed by atoms with van der Waals surface area (Å²) in [6.45, 7) is 3.23. The zero-order chi connectivity index (χ0) is 16.4. The lowest BCUT2D eigenvalue weighted by atomic mass is 10.0. The van der Waals surface area contributed by atoms with Crippen LogP contribution in [0.3, 0.4) is 0 Å². The zero-order valence-corrected chi connectivity index (χ0v) is 14.7. The topological polar surface area (TPSA) is 44.7 Å². The number of amides is 2. The summed E-state index contributed by atoms with van der Waals surface area (Å²) in [5.74, 6) is 0. The zero-order valence-electron chi connectivity index (χ0n) is 13.1. The van der Waals surface area contributed by atoms with Gasteiger partial charge in [-0.1, -0.05) is 36.7 Å². The molecule has 1 N–H and O–H groups in total. The normalized spacial score (nSPS) is 14.0. The van der Waals surface area contributed by atoms with E-state index in [1.54, 1.807) is 23.3 Å². The minimum absolute atomic E-state index is 0.105. The Morgan fingerprint density at radius 1 is 1.39 bits per heavy atom. The van der Waals surface area contributed by atoms with E-state index in [0.717, 1.165) is 28.3 Å². The molecule has 1 aromatic carbocycles. The third-order valence-electron chi connectivity index (χ3n) is 3.79. The van der Waals surface area contributed by atoms with Gasteiger partial charge in [0.25, 0.3) is 0 Å². The largest absolute Gasteiger partial charge is 0.341 e. The Kier molecular flexibility index (Phi) is 4.68. The van der Waals surface area contributed by atoms with Gasteiger partial charge in [0.1, 0.15) is 5.00 Å². The summed E-state index contributed by atoms with van der Waals surface area (Å²) in [5, 5.41) is 4.33. The number of anilines is 1. The Morgan fingerprint density at radius 2 is 2.17 bits per heavy atom. The second kappa shape index (κ2) is 6.72. The number of benzene rings is 1. The van der Waals surface area contributed by atoms with Crippen molar-refractivity contribution in [3.05, 3.63) is 51.4 Å². The third-order valence-corrected chi connectivity index (χ3v) is 5.43. The van der Waals surface area contributed by atoms with E-state index in [0.29, 0.717) is 18.1 Å². The van der Waals surface area contributed by atoms with Crippen molar-refractivity contribution in [2.75, 3.05) is 25.0 Å². The molecule has 1 aliphatic rings. The van der Waals surface area contributed by atoms with Crippen LogP contribution in [0.1, 0.15) is 22.9 Å². The molecule has 2 heterocycles. The van der Waals surface area contributed by atoms with Crippen LogP contribution in [0.2, 0.25) is 5.02 Å². The van der Waals surface area contributed by atoms with E-state index in [4.69, 9.17) is 16.6 Å². The SMILES string of the molecule is CCc1cc2c(s1)N(C(=O)NC)CCN=C2c1ccccc1Cl. The van der Waals surface area contributed by atoms with Crippen molar-refractivity contribution in [2.24, 2.45) is 4.99 Å². The number of thiophene rings is 1. The monoisotopic (exact) mass is 347 g/mol. The quantitative estimate of drug-likeness (QED) is 0.878. The number of fused-ring (bicyclic) bond motifs is 1. The number of halogens is 1. The van der Waals surface area contributed by atoms with Crippen molar-refractivity contribution in [3.63, 3.8) is 0 Å². The van der Waals surface area contributed by atoms with E-state index >= 15 is 0 Å². The Balaban J connectivity index is 2.15. The Morgan fingerprint density at radius 3 is 2.87 bits per heavy atom. The van der Waals surface area contributed by atoms with Gasteiger partial charge in [0, 0.05) is 34.6 Å². The first-order valence-corrected chi connectivity index (χ1v) is 8.76. The second-order valence-corrected chi connectivity index (χ2v) is 6.72. The molecule has 0 atom stereocenters. The standard InChI is InChI=1S/C17H18ClN3OS/c1-3-11-10-13-15(12-6-4-5-7-14(12)18)20-8-9-21(16(13)23-11)17(22)19-2/h4-7,10H,3,8-9H2,1-2H3,(H,19,22). The van der Waals surface area contributed by atoms with Gasteiger partial charge in [-0.25, -0.2) is 4.79 Å². The fraction of sp³-hybridized carbons (Fsp3) is 0.294. The molecule has 120 valence electrons. The van der Waals surface area contributed by atoms with E-state index in [1.807, 2.05) is 24.3 Å².